The Kier molecular flexibility index (Phi) is 5.61. The quantitative estimate of drug-likeness (QED) is 0.493. The third-order valence-electron chi connectivity index (χ3n) is 4.82. The number of anilines is 1. The lowest BCUT2D eigenvalue weighted by Crippen LogP contribution is -2.20. The highest BCUT2D eigenvalue weighted by atomic mass is 16.5. The van der Waals surface area contributed by atoms with Gasteiger partial charge in [0.2, 0.25) is 0 Å². The van der Waals surface area contributed by atoms with Gasteiger partial charge in [-0.15, -0.1) is 0 Å². The minimum absolute atomic E-state index is 0.109. The standard InChI is InChI=1S/C25H21NO4/c1-2-17-7-6-10-19(13-17)26-24(27)16-29-20-11-12-21-23(14-20)30-15-22(25(21)28)18-8-4-3-5-9-18/h3-15H,2,16H2,1H3,(H,26,27). The summed E-state index contributed by atoms with van der Waals surface area (Å²) < 4.78 is 11.3. The lowest BCUT2D eigenvalue weighted by Gasteiger charge is -2.09. The Morgan fingerprint density at radius 3 is 2.63 bits per heavy atom. The molecule has 0 aliphatic heterocycles. The maximum Gasteiger partial charge on any atom is 0.262 e. The van der Waals surface area contributed by atoms with Crippen LogP contribution in [0.2, 0.25) is 0 Å². The van der Waals surface area contributed by atoms with Crippen molar-refractivity contribution >= 4 is 22.6 Å². The van der Waals surface area contributed by atoms with E-state index in [1.165, 1.54) is 6.26 Å². The molecule has 0 spiro atoms. The van der Waals surface area contributed by atoms with Crippen molar-refractivity contribution < 1.29 is 13.9 Å². The maximum absolute atomic E-state index is 12.8. The Morgan fingerprint density at radius 1 is 1.00 bits per heavy atom. The number of aryl methyl sites for hydroxylation is 1. The summed E-state index contributed by atoms with van der Waals surface area (Å²) in [6.45, 7) is 1.92. The van der Waals surface area contributed by atoms with Crippen LogP contribution in [-0.4, -0.2) is 12.5 Å². The first-order valence-electron chi connectivity index (χ1n) is 9.76. The summed E-state index contributed by atoms with van der Waals surface area (Å²) in [4.78, 5) is 25.0. The summed E-state index contributed by atoms with van der Waals surface area (Å²) in [5, 5.41) is 3.28. The SMILES string of the molecule is CCc1cccc(NC(=O)COc2ccc3c(=O)c(-c4ccccc4)coc3c2)c1. The highest BCUT2D eigenvalue weighted by Crippen LogP contribution is 2.23. The summed E-state index contributed by atoms with van der Waals surface area (Å²) in [5.41, 5.74) is 3.49. The van der Waals surface area contributed by atoms with E-state index in [1.807, 2.05) is 54.6 Å². The monoisotopic (exact) mass is 399 g/mol. The molecule has 4 aromatic rings. The average Bonchev–Trinajstić information content (AvgIpc) is 2.78. The van der Waals surface area contributed by atoms with Crippen LogP contribution in [0.4, 0.5) is 5.69 Å². The Balaban J connectivity index is 1.47. The van der Waals surface area contributed by atoms with Gasteiger partial charge < -0.3 is 14.5 Å². The Hall–Kier alpha value is -3.86. The average molecular weight is 399 g/mol. The molecule has 0 aliphatic carbocycles. The number of ether oxygens (including phenoxy) is 1. The number of rotatable bonds is 6. The fourth-order valence-corrected chi connectivity index (χ4v) is 3.23. The first-order chi connectivity index (χ1) is 14.6. The van der Waals surface area contributed by atoms with E-state index in [2.05, 4.69) is 12.2 Å². The van der Waals surface area contributed by atoms with E-state index in [1.54, 1.807) is 18.2 Å². The Morgan fingerprint density at radius 2 is 1.83 bits per heavy atom. The van der Waals surface area contributed by atoms with Crippen LogP contribution in [0.3, 0.4) is 0 Å². The van der Waals surface area contributed by atoms with E-state index in [4.69, 9.17) is 9.15 Å². The lowest BCUT2D eigenvalue weighted by molar-refractivity contribution is -0.118. The highest BCUT2D eigenvalue weighted by molar-refractivity contribution is 5.92. The fraction of sp³-hybridized carbons (Fsp3) is 0.120. The molecule has 5 heteroatoms. The van der Waals surface area contributed by atoms with Crippen LogP contribution in [0.15, 0.2) is 88.3 Å². The summed E-state index contributed by atoms with van der Waals surface area (Å²) in [5.74, 6) is 0.194. The number of carbonyl (C=O) groups excluding carboxylic acids is 1. The molecule has 30 heavy (non-hydrogen) atoms. The van der Waals surface area contributed by atoms with Crippen LogP contribution in [0.1, 0.15) is 12.5 Å². The molecule has 1 N–H and O–H groups in total. The summed E-state index contributed by atoms with van der Waals surface area (Å²) in [7, 11) is 0. The number of hydrogen-bond acceptors (Lipinski definition) is 4. The lowest BCUT2D eigenvalue weighted by atomic mass is 10.1. The first-order valence-corrected chi connectivity index (χ1v) is 9.76. The molecule has 0 atom stereocenters. The normalized spacial score (nSPS) is 10.7. The van der Waals surface area contributed by atoms with Crippen molar-refractivity contribution in [3.63, 3.8) is 0 Å². The van der Waals surface area contributed by atoms with Crippen LogP contribution in [-0.2, 0) is 11.2 Å². The molecule has 4 rings (SSSR count). The van der Waals surface area contributed by atoms with Crippen molar-refractivity contribution in [1.82, 2.24) is 0 Å². The Labute approximate surface area is 173 Å². The van der Waals surface area contributed by atoms with Crippen molar-refractivity contribution in [2.75, 3.05) is 11.9 Å². The zero-order valence-electron chi connectivity index (χ0n) is 16.6. The molecule has 0 saturated carbocycles. The van der Waals surface area contributed by atoms with Crippen molar-refractivity contribution in [2.45, 2.75) is 13.3 Å². The number of fused-ring (bicyclic) bond motifs is 1. The van der Waals surface area contributed by atoms with E-state index in [-0.39, 0.29) is 17.9 Å². The van der Waals surface area contributed by atoms with Gasteiger partial charge >= 0.3 is 0 Å². The van der Waals surface area contributed by atoms with Gasteiger partial charge in [-0.1, -0.05) is 49.4 Å². The van der Waals surface area contributed by atoms with Gasteiger partial charge in [-0.05, 0) is 41.8 Å². The summed E-state index contributed by atoms with van der Waals surface area (Å²) in [6.07, 6.45) is 2.35. The molecule has 0 aliphatic rings. The minimum atomic E-state index is -0.260. The second-order valence-electron chi connectivity index (χ2n) is 6.89. The largest absolute Gasteiger partial charge is 0.484 e. The third kappa shape index (κ3) is 4.25. The van der Waals surface area contributed by atoms with Gasteiger partial charge in [0.05, 0.1) is 10.9 Å². The van der Waals surface area contributed by atoms with E-state index in [0.29, 0.717) is 22.3 Å². The van der Waals surface area contributed by atoms with E-state index < -0.39 is 0 Å². The maximum atomic E-state index is 12.8. The van der Waals surface area contributed by atoms with Crippen LogP contribution >= 0.6 is 0 Å². The second-order valence-corrected chi connectivity index (χ2v) is 6.89. The molecule has 0 unspecified atom stereocenters. The summed E-state index contributed by atoms with van der Waals surface area (Å²) in [6, 6.07) is 22.0. The smallest absolute Gasteiger partial charge is 0.262 e. The third-order valence-corrected chi connectivity index (χ3v) is 4.82. The fourth-order valence-electron chi connectivity index (χ4n) is 3.23. The molecule has 150 valence electrons. The highest BCUT2D eigenvalue weighted by Gasteiger charge is 2.11. The van der Waals surface area contributed by atoms with Gasteiger partial charge in [-0.2, -0.15) is 0 Å². The number of benzene rings is 3. The number of amides is 1. The van der Waals surface area contributed by atoms with Gasteiger partial charge in [0.1, 0.15) is 17.6 Å². The first kappa shape index (κ1) is 19.5. The molecule has 0 radical (unpaired) electrons. The van der Waals surface area contributed by atoms with Crippen LogP contribution < -0.4 is 15.5 Å². The van der Waals surface area contributed by atoms with Crippen molar-refractivity contribution in [3.8, 4) is 16.9 Å². The van der Waals surface area contributed by atoms with Gasteiger partial charge in [0.25, 0.3) is 5.91 Å². The summed E-state index contributed by atoms with van der Waals surface area (Å²) >= 11 is 0. The van der Waals surface area contributed by atoms with E-state index in [9.17, 15) is 9.59 Å². The molecule has 1 heterocycles. The molecule has 0 bridgehead atoms. The van der Waals surface area contributed by atoms with E-state index in [0.717, 1.165) is 23.2 Å². The molecular formula is C25H21NO4. The predicted octanol–water partition coefficient (Wildman–Crippen LogP) is 5.04. The van der Waals surface area contributed by atoms with Crippen molar-refractivity contribution in [1.29, 1.82) is 0 Å². The topological polar surface area (TPSA) is 68.5 Å². The minimum Gasteiger partial charge on any atom is -0.484 e. The zero-order valence-corrected chi connectivity index (χ0v) is 16.6. The number of hydrogen-bond donors (Lipinski definition) is 1. The molecule has 3 aromatic carbocycles. The molecule has 1 amide bonds. The molecule has 0 saturated heterocycles. The number of nitrogens with one attached hydrogen (secondary N) is 1. The van der Waals surface area contributed by atoms with Crippen LogP contribution in [0.25, 0.3) is 22.1 Å². The molecule has 0 fully saturated rings. The van der Waals surface area contributed by atoms with Gasteiger partial charge in [-0.3, -0.25) is 9.59 Å². The van der Waals surface area contributed by atoms with Crippen LogP contribution in [0.5, 0.6) is 5.75 Å². The zero-order chi connectivity index (χ0) is 20.9. The van der Waals surface area contributed by atoms with Crippen molar-refractivity contribution in [3.05, 3.63) is 94.8 Å². The van der Waals surface area contributed by atoms with Crippen LogP contribution in [0, 0.1) is 0 Å². The van der Waals surface area contributed by atoms with E-state index >= 15 is 0 Å². The Bertz CT molecular complexity index is 1240. The predicted molar refractivity (Wildman–Crippen MR) is 118 cm³/mol. The van der Waals surface area contributed by atoms with Crippen molar-refractivity contribution in [2.24, 2.45) is 0 Å². The number of carbonyl (C=O) groups is 1. The van der Waals surface area contributed by atoms with Gasteiger partial charge in [-0.25, -0.2) is 0 Å². The van der Waals surface area contributed by atoms with Gasteiger partial charge in [0.15, 0.2) is 12.0 Å². The van der Waals surface area contributed by atoms with Gasteiger partial charge in [0, 0.05) is 11.8 Å². The molecule has 1 aromatic heterocycles. The second kappa shape index (κ2) is 8.66. The molecule has 5 nitrogen and oxygen atoms in total. The molecular weight excluding hydrogens is 378 g/mol.